The fraction of sp³-hybridized carbons (Fsp3) is 0.227. The molecule has 4 nitrogen and oxygen atoms in total. The monoisotopic (exact) mass is 348 g/mol. The van der Waals surface area contributed by atoms with Gasteiger partial charge in [-0.25, -0.2) is 4.79 Å². The van der Waals surface area contributed by atoms with Crippen molar-refractivity contribution in [1.82, 2.24) is 0 Å². The van der Waals surface area contributed by atoms with E-state index in [-0.39, 0.29) is 12.1 Å². The summed E-state index contributed by atoms with van der Waals surface area (Å²) in [6.45, 7) is 4.43. The zero-order chi connectivity index (χ0) is 18.5. The van der Waals surface area contributed by atoms with Crippen LogP contribution in [0.15, 0.2) is 66.7 Å². The van der Waals surface area contributed by atoms with Crippen molar-refractivity contribution < 1.29 is 9.53 Å². The quantitative estimate of drug-likeness (QED) is 0.500. The minimum Gasteiger partial charge on any atom is -0.462 e. The van der Waals surface area contributed by atoms with Gasteiger partial charge in [-0.1, -0.05) is 62.4 Å². The third kappa shape index (κ3) is 4.21. The number of nitrogens with two attached hydrogens (primary N) is 1. The van der Waals surface area contributed by atoms with Gasteiger partial charge >= 0.3 is 5.97 Å². The summed E-state index contributed by atoms with van der Waals surface area (Å²) in [5.41, 5.74) is 8.70. The minimum absolute atomic E-state index is 0.306. The molecule has 134 valence electrons. The van der Waals surface area contributed by atoms with Crippen molar-refractivity contribution in [3.05, 3.63) is 77.9 Å². The lowest BCUT2D eigenvalue weighted by atomic mass is 10.0. The van der Waals surface area contributed by atoms with E-state index < -0.39 is 0 Å². The molecule has 3 aromatic carbocycles. The first-order valence-electron chi connectivity index (χ1n) is 8.81. The van der Waals surface area contributed by atoms with E-state index in [0.29, 0.717) is 18.1 Å². The Kier molecular flexibility index (Phi) is 5.54. The highest BCUT2D eigenvalue weighted by Gasteiger charge is 2.12. The van der Waals surface area contributed by atoms with Crippen LogP contribution in [-0.4, -0.2) is 12.6 Å². The van der Waals surface area contributed by atoms with Gasteiger partial charge in [0.2, 0.25) is 0 Å². The molecule has 4 heteroatoms. The highest BCUT2D eigenvalue weighted by molar-refractivity contribution is 5.90. The van der Waals surface area contributed by atoms with Crippen LogP contribution in [0, 0.1) is 5.92 Å². The van der Waals surface area contributed by atoms with Crippen molar-refractivity contribution in [2.75, 3.05) is 11.9 Å². The normalized spacial score (nSPS) is 12.2. The molecule has 0 aromatic heterocycles. The molecule has 1 atom stereocenters. The lowest BCUT2D eigenvalue weighted by Crippen LogP contribution is -2.20. The van der Waals surface area contributed by atoms with Gasteiger partial charge in [0, 0.05) is 5.69 Å². The summed E-state index contributed by atoms with van der Waals surface area (Å²) >= 11 is 0. The van der Waals surface area contributed by atoms with Crippen LogP contribution in [0.2, 0.25) is 0 Å². The largest absolute Gasteiger partial charge is 0.462 e. The fourth-order valence-electron chi connectivity index (χ4n) is 2.84. The third-order valence-electron chi connectivity index (χ3n) is 4.13. The highest BCUT2D eigenvalue weighted by atomic mass is 16.5. The summed E-state index contributed by atoms with van der Waals surface area (Å²) in [5, 5.41) is 5.54. The van der Waals surface area contributed by atoms with E-state index in [1.165, 1.54) is 0 Å². The summed E-state index contributed by atoms with van der Waals surface area (Å²) in [4.78, 5) is 12.2. The molecule has 0 amide bonds. The van der Waals surface area contributed by atoms with E-state index in [2.05, 4.69) is 23.5 Å². The van der Waals surface area contributed by atoms with Crippen molar-refractivity contribution in [3.8, 4) is 0 Å². The topological polar surface area (TPSA) is 64.3 Å². The summed E-state index contributed by atoms with van der Waals surface area (Å²) in [7, 11) is 0. The van der Waals surface area contributed by atoms with Crippen molar-refractivity contribution in [1.29, 1.82) is 0 Å². The molecule has 0 aliphatic carbocycles. The van der Waals surface area contributed by atoms with Crippen molar-refractivity contribution in [2.45, 2.75) is 20.0 Å². The number of esters is 1. The lowest BCUT2D eigenvalue weighted by molar-refractivity contribution is 0.0459. The van der Waals surface area contributed by atoms with E-state index >= 15 is 0 Å². The number of nitrogens with one attached hydrogen (secondary N) is 1. The number of fused-ring (bicyclic) bond motifs is 1. The lowest BCUT2D eigenvalue weighted by Gasteiger charge is -2.18. The molecule has 0 bridgehead atoms. The van der Waals surface area contributed by atoms with Gasteiger partial charge in [0.1, 0.15) is 6.17 Å². The second-order valence-corrected chi connectivity index (χ2v) is 6.76. The molecule has 26 heavy (non-hydrogen) atoms. The van der Waals surface area contributed by atoms with Gasteiger partial charge in [0.15, 0.2) is 0 Å². The van der Waals surface area contributed by atoms with E-state index in [9.17, 15) is 4.79 Å². The first-order chi connectivity index (χ1) is 12.5. The second-order valence-electron chi connectivity index (χ2n) is 6.76. The van der Waals surface area contributed by atoms with E-state index in [1.54, 1.807) is 12.1 Å². The number of hydrogen-bond acceptors (Lipinski definition) is 4. The van der Waals surface area contributed by atoms with E-state index in [0.717, 1.165) is 22.0 Å². The fourth-order valence-corrected chi connectivity index (χ4v) is 2.84. The predicted molar refractivity (Wildman–Crippen MR) is 106 cm³/mol. The van der Waals surface area contributed by atoms with Crippen molar-refractivity contribution >= 4 is 22.4 Å². The molecule has 3 aromatic rings. The number of hydrogen-bond donors (Lipinski definition) is 2. The maximum Gasteiger partial charge on any atom is 0.338 e. The van der Waals surface area contributed by atoms with Crippen LogP contribution < -0.4 is 11.1 Å². The van der Waals surface area contributed by atoms with Gasteiger partial charge in [-0.15, -0.1) is 0 Å². The molecule has 0 aliphatic heterocycles. The molecule has 1 unspecified atom stereocenters. The van der Waals surface area contributed by atoms with Crippen LogP contribution in [0.25, 0.3) is 10.8 Å². The molecule has 3 rings (SSSR count). The van der Waals surface area contributed by atoms with Gasteiger partial charge in [-0.2, -0.15) is 0 Å². The summed E-state index contributed by atoms with van der Waals surface area (Å²) in [6, 6.07) is 21.5. The van der Waals surface area contributed by atoms with Crippen LogP contribution in [0.4, 0.5) is 5.69 Å². The summed E-state index contributed by atoms with van der Waals surface area (Å²) < 4.78 is 5.29. The zero-order valence-electron chi connectivity index (χ0n) is 15.1. The molecule has 0 saturated carbocycles. The predicted octanol–water partition coefficient (Wildman–Crippen LogP) is 4.72. The van der Waals surface area contributed by atoms with Crippen LogP contribution in [0.3, 0.4) is 0 Å². The highest BCUT2D eigenvalue weighted by Crippen LogP contribution is 2.24. The molecule has 0 heterocycles. The van der Waals surface area contributed by atoms with Crippen molar-refractivity contribution in [2.24, 2.45) is 11.7 Å². The zero-order valence-corrected chi connectivity index (χ0v) is 15.1. The first kappa shape index (κ1) is 18.0. The maximum absolute atomic E-state index is 12.2. The van der Waals surface area contributed by atoms with Crippen molar-refractivity contribution in [3.63, 3.8) is 0 Å². The molecular weight excluding hydrogens is 324 g/mol. The summed E-state index contributed by atoms with van der Waals surface area (Å²) in [5.74, 6) is -0.0128. The van der Waals surface area contributed by atoms with E-state index in [4.69, 9.17) is 10.5 Å². The van der Waals surface area contributed by atoms with Gasteiger partial charge < -0.3 is 15.8 Å². The molecule has 0 aliphatic rings. The first-order valence-corrected chi connectivity index (χ1v) is 8.81. The maximum atomic E-state index is 12.2. The van der Waals surface area contributed by atoms with Gasteiger partial charge in [-0.3, -0.25) is 0 Å². The Hall–Kier alpha value is -2.85. The number of rotatable bonds is 6. The SMILES string of the molecule is CC(C)COC(=O)c1cccc(NC(N)c2cccc3ccccc23)c1. The number of benzene rings is 3. The Balaban J connectivity index is 1.78. The number of carbonyl (C=O) groups is 1. The minimum atomic E-state index is -0.386. The van der Waals surface area contributed by atoms with Gasteiger partial charge in [-0.05, 0) is 40.5 Å². The second kappa shape index (κ2) is 8.02. The van der Waals surface area contributed by atoms with Gasteiger partial charge in [0.05, 0.1) is 12.2 Å². The Morgan fingerprint density at radius 1 is 1.04 bits per heavy atom. The molecule has 0 saturated heterocycles. The van der Waals surface area contributed by atoms with Crippen LogP contribution in [-0.2, 0) is 4.74 Å². The Morgan fingerprint density at radius 3 is 2.58 bits per heavy atom. The number of anilines is 1. The summed E-state index contributed by atoms with van der Waals surface area (Å²) in [6.07, 6.45) is -0.386. The standard InChI is InChI=1S/C22H24N2O2/c1-15(2)14-26-22(25)17-9-5-10-18(13-17)24-21(23)20-12-6-8-16-7-3-4-11-19(16)20/h3-13,15,21,24H,14,23H2,1-2H3. The molecular formula is C22H24N2O2. The average Bonchev–Trinajstić information content (AvgIpc) is 2.65. The molecule has 0 fully saturated rings. The molecule has 3 N–H and O–H groups in total. The Morgan fingerprint density at radius 2 is 1.77 bits per heavy atom. The Labute approximate surface area is 154 Å². The smallest absolute Gasteiger partial charge is 0.338 e. The third-order valence-corrected chi connectivity index (χ3v) is 4.13. The van der Waals surface area contributed by atoms with Crippen LogP contribution in [0.1, 0.15) is 35.9 Å². The van der Waals surface area contributed by atoms with Gasteiger partial charge in [0.25, 0.3) is 0 Å². The molecule has 0 radical (unpaired) electrons. The van der Waals surface area contributed by atoms with Crippen LogP contribution >= 0.6 is 0 Å². The van der Waals surface area contributed by atoms with Crippen LogP contribution in [0.5, 0.6) is 0 Å². The van der Waals surface area contributed by atoms with E-state index in [1.807, 2.05) is 50.2 Å². The number of ether oxygens (including phenoxy) is 1. The average molecular weight is 348 g/mol. The number of carbonyl (C=O) groups excluding carboxylic acids is 1. The molecule has 0 spiro atoms. The Bertz CT molecular complexity index is 900.